The number of hydrogen-bond donors (Lipinski definition) is 2. The number of ether oxygens (including phenoxy) is 1. The van der Waals surface area contributed by atoms with Gasteiger partial charge in [-0.05, 0) is 30.2 Å². The molecule has 0 aromatic heterocycles. The summed E-state index contributed by atoms with van der Waals surface area (Å²) >= 11 is 0. The fraction of sp³-hybridized carbons (Fsp3) is 0.211. The summed E-state index contributed by atoms with van der Waals surface area (Å²) in [4.78, 5) is 12.0. The highest BCUT2D eigenvalue weighted by Crippen LogP contribution is 2.23. The first-order chi connectivity index (χ1) is 11.1. The first kappa shape index (κ1) is 16.8. The lowest BCUT2D eigenvalue weighted by atomic mass is 10.2. The summed E-state index contributed by atoms with van der Waals surface area (Å²) in [7, 11) is 0. The molecule has 0 aliphatic rings. The van der Waals surface area contributed by atoms with E-state index >= 15 is 0 Å². The lowest BCUT2D eigenvalue weighted by molar-refractivity contribution is -0.115. The van der Waals surface area contributed by atoms with Gasteiger partial charge in [0.05, 0.1) is 12.2 Å². The molecule has 120 valence electrons. The maximum absolute atomic E-state index is 12.0. The molecule has 4 heteroatoms. The Kier molecular flexibility index (Phi) is 6.39. The van der Waals surface area contributed by atoms with Crippen LogP contribution in [-0.2, 0) is 11.3 Å². The quantitative estimate of drug-likeness (QED) is 0.735. The van der Waals surface area contributed by atoms with Crippen LogP contribution in [0, 0.1) is 0 Å². The van der Waals surface area contributed by atoms with E-state index in [1.54, 1.807) is 0 Å². The monoisotopic (exact) mass is 310 g/mol. The number of carbonyl (C=O) groups excluding carboxylic acids is 1. The Labute approximate surface area is 137 Å². The molecule has 0 heterocycles. The van der Waals surface area contributed by atoms with E-state index in [0.717, 1.165) is 11.1 Å². The van der Waals surface area contributed by atoms with Crippen LogP contribution in [0.3, 0.4) is 0 Å². The summed E-state index contributed by atoms with van der Waals surface area (Å²) in [6, 6.07) is 17.4. The highest BCUT2D eigenvalue weighted by molar-refractivity contribution is 5.93. The number of anilines is 1. The van der Waals surface area contributed by atoms with Crippen molar-refractivity contribution in [3.05, 3.63) is 72.3 Å². The van der Waals surface area contributed by atoms with E-state index in [0.29, 0.717) is 24.6 Å². The molecular formula is C19H22N2O2. The van der Waals surface area contributed by atoms with Crippen molar-refractivity contribution in [2.45, 2.75) is 13.5 Å². The van der Waals surface area contributed by atoms with Gasteiger partial charge in [0.25, 0.3) is 0 Å². The van der Waals surface area contributed by atoms with Gasteiger partial charge in [0.1, 0.15) is 12.4 Å². The van der Waals surface area contributed by atoms with Crippen molar-refractivity contribution >= 4 is 11.6 Å². The molecule has 23 heavy (non-hydrogen) atoms. The van der Waals surface area contributed by atoms with Crippen LogP contribution in [0.5, 0.6) is 5.75 Å². The van der Waals surface area contributed by atoms with Gasteiger partial charge in [0, 0.05) is 6.54 Å². The van der Waals surface area contributed by atoms with E-state index in [2.05, 4.69) is 17.2 Å². The second-order valence-corrected chi connectivity index (χ2v) is 5.38. The fourth-order valence-corrected chi connectivity index (χ4v) is 2.01. The van der Waals surface area contributed by atoms with Crippen LogP contribution in [0.25, 0.3) is 0 Å². The lowest BCUT2D eigenvalue weighted by Crippen LogP contribution is -2.27. The molecule has 0 saturated carbocycles. The Bertz CT molecular complexity index is 653. The van der Waals surface area contributed by atoms with Gasteiger partial charge in [-0.25, -0.2) is 0 Å². The highest BCUT2D eigenvalue weighted by atomic mass is 16.5. The SMILES string of the molecule is C=C(C)COc1ccccc1NC(=O)CNCc1ccccc1. The summed E-state index contributed by atoms with van der Waals surface area (Å²) in [5.41, 5.74) is 2.74. The van der Waals surface area contributed by atoms with E-state index in [-0.39, 0.29) is 12.5 Å². The summed E-state index contributed by atoms with van der Waals surface area (Å²) < 4.78 is 5.64. The van der Waals surface area contributed by atoms with Crippen molar-refractivity contribution in [3.63, 3.8) is 0 Å². The van der Waals surface area contributed by atoms with Gasteiger partial charge in [-0.15, -0.1) is 0 Å². The number of benzene rings is 2. The number of carbonyl (C=O) groups is 1. The smallest absolute Gasteiger partial charge is 0.238 e. The van der Waals surface area contributed by atoms with Crippen LogP contribution >= 0.6 is 0 Å². The molecule has 2 N–H and O–H groups in total. The molecule has 0 saturated heterocycles. The normalized spacial score (nSPS) is 10.1. The van der Waals surface area contributed by atoms with Crippen molar-refractivity contribution < 1.29 is 9.53 Å². The van der Waals surface area contributed by atoms with Crippen LogP contribution in [-0.4, -0.2) is 19.1 Å². The van der Waals surface area contributed by atoms with Crippen LogP contribution in [0.2, 0.25) is 0 Å². The molecule has 1 amide bonds. The molecule has 2 aromatic carbocycles. The molecule has 0 atom stereocenters. The topological polar surface area (TPSA) is 50.4 Å². The third-order valence-electron chi connectivity index (χ3n) is 3.09. The van der Waals surface area contributed by atoms with Gasteiger partial charge in [-0.1, -0.05) is 49.0 Å². The van der Waals surface area contributed by atoms with E-state index in [1.807, 2.05) is 61.5 Å². The minimum Gasteiger partial charge on any atom is -0.487 e. The van der Waals surface area contributed by atoms with Crippen molar-refractivity contribution in [2.75, 3.05) is 18.5 Å². The van der Waals surface area contributed by atoms with Gasteiger partial charge >= 0.3 is 0 Å². The van der Waals surface area contributed by atoms with Gasteiger partial charge in [-0.3, -0.25) is 4.79 Å². The Hall–Kier alpha value is -2.59. The molecule has 0 spiro atoms. The predicted molar refractivity (Wildman–Crippen MR) is 93.5 cm³/mol. The number of rotatable bonds is 8. The van der Waals surface area contributed by atoms with Crippen LogP contribution in [0.15, 0.2) is 66.7 Å². The zero-order valence-electron chi connectivity index (χ0n) is 13.3. The van der Waals surface area contributed by atoms with Gasteiger partial charge in [-0.2, -0.15) is 0 Å². The van der Waals surface area contributed by atoms with Crippen molar-refractivity contribution in [1.29, 1.82) is 0 Å². The Morgan fingerprint density at radius 1 is 1.09 bits per heavy atom. The number of para-hydroxylation sites is 2. The largest absolute Gasteiger partial charge is 0.487 e. The van der Waals surface area contributed by atoms with Crippen LogP contribution in [0.4, 0.5) is 5.69 Å². The van der Waals surface area contributed by atoms with Gasteiger partial charge < -0.3 is 15.4 Å². The minimum absolute atomic E-state index is 0.104. The van der Waals surface area contributed by atoms with Crippen LogP contribution < -0.4 is 15.4 Å². The van der Waals surface area contributed by atoms with Crippen molar-refractivity contribution in [3.8, 4) is 5.75 Å². The van der Waals surface area contributed by atoms with Crippen molar-refractivity contribution in [2.24, 2.45) is 0 Å². The predicted octanol–water partition coefficient (Wildman–Crippen LogP) is 3.37. The second-order valence-electron chi connectivity index (χ2n) is 5.38. The maximum atomic E-state index is 12.0. The molecule has 0 radical (unpaired) electrons. The standard InChI is InChI=1S/C19H22N2O2/c1-15(2)14-23-18-11-7-6-10-17(18)21-19(22)13-20-12-16-8-4-3-5-9-16/h3-11,20H,1,12-14H2,2H3,(H,21,22). The minimum atomic E-state index is -0.104. The zero-order chi connectivity index (χ0) is 16.5. The van der Waals surface area contributed by atoms with Crippen molar-refractivity contribution in [1.82, 2.24) is 5.32 Å². The summed E-state index contributed by atoms with van der Waals surface area (Å²) in [6.07, 6.45) is 0. The molecule has 4 nitrogen and oxygen atoms in total. The summed E-state index contributed by atoms with van der Waals surface area (Å²) in [6.45, 7) is 7.03. The fourth-order valence-electron chi connectivity index (χ4n) is 2.01. The average molecular weight is 310 g/mol. The van der Waals surface area contributed by atoms with Gasteiger partial charge in [0.2, 0.25) is 5.91 Å². The molecular weight excluding hydrogens is 288 g/mol. The zero-order valence-corrected chi connectivity index (χ0v) is 13.3. The molecule has 2 rings (SSSR count). The first-order valence-corrected chi connectivity index (χ1v) is 7.56. The van der Waals surface area contributed by atoms with E-state index in [9.17, 15) is 4.79 Å². The Morgan fingerprint density at radius 3 is 2.52 bits per heavy atom. The number of hydrogen-bond acceptors (Lipinski definition) is 3. The number of nitrogens with one attached hydrogen (secondary N) is 2. The molecule has 0 aliphatic heterocycles. The second kappa shape index (κ2) is 8.76. The molecule has 0 bridgehead atoms. The number of amides is 1. The summed E-state index contributed by atoms with van der Waals surface area (Å²) in [5.74, 6) is 0.541. The lowest BCUT2D eigenvalue weighted by Gasteiger charge is -2.12. The van der Waals surface area contributed by atoms with Gasteiger partial charge in [0.15, 0.2) is 0 Å². The third kappa shape index (κ3) is 5.96. The van der Waals surface area contributed by atoms with E-state index in [1.165, 1.54) is 0 Å². The Balaban J connectivity index is 1.84. The van der Waals surface area contributed by atoms with E-state index < -0.39 is 0 Å². The molecule has 2 aromatic rings. The highest BCUT2D eigenvalue weighted by Gasteiger charge is 2.07. The molecule has 0 unspecified atom stereocenters. The van der Waals surface area contributed by atoms with Crippen LogP contribution in [0.1, 0.15) is 12.5 Å². The molecule has 0 aliphatic carbocycles. The van der Waals surface area contributed by atoms with E-state index in [4.69, 9.17) is 4.74 Å². The summed E-state index contributed by atoms with van der Waals surface area (Å²) in [5, 5.41) is 5.99. The first-order valence-electron chi connectivity index (χ1n) is 7.56. The third-order valence-corrected chi connectivity index (χ3v) is 3.09. The maximum Gasteiger partial charge on any atom is 0.238 e. The molecule has 0 fully saturated rings. The average Bonchev–Trinajstić information content (AvgIpc) is 2.55. The Morgan fingerprint density at radius 2 is 1.78 bits per heavy atom.